The molecule has 0 saturated heterocycles. The molecule has 5 rings (SSSR count). The lowest BCUT2D eigenvalue weighted by Gasteiger charge is -2.04. The fourth-order valence-electron chi connectivity index (χ4n) is 2.62. The third kappa shape index (κ3) is 8.88. The van der Waals surface area contributed by atoms with Crippen molar-refractivity contribution in [3.05, 3.63) is 140 Å². The van der Waals surface area contributed by atoms with E-state index in [1.807, 2.05) is 121 Å². The van der Waals surface area contributed by atoms with Gasteiger partial charge < -0.3 is 10.6 Å². The zero-order valence-electron chi connectivity index (χ0n) is 17.6. The molecule has 1 heterocycles. The predicted octanol–water partition coefficient (Wildman–Crippen LogP) is 6.73. The predicted molar refractivity (Wildman–Crippen MR) is 132 cm³/mol. The van der Waals surface area contributed by atoms with E-state index in [2.05, 4.69) is 26.0 Å². The number of anilines is 4. The summed E-state index contributed by atoms with van der Waals surface area (Å²) in [4.78, 5) is 0. The van der Waals surface area contributed by atoms with E-state index in [1.54, 1.807) is 18.5 Å². The Bertz CT molecular complexity index is 913. The van der Waals surface area contributed by atoms with Crippen LogP contribution in [-0.2, 0) is 0 Å². The van der Waals surface area contributed by atoms with Gasteiger partial charge in [-0.1, -0.05) is 72.8 Å². The molecule has 0 unspecified atom stereocenters. The summed E-state index contributed by atoms with van der Waals surface area (Å²) < 4.78 is 0. The van der Waals surface area contributed by atoms with Gasteiger partial charge in [0.1, 0.15) is 0 Å². The van der Waals surface area contributed by atoms with E-state index in [1.165, 1.54) is 0 Å². The highest BCUT2D eigenvalue weighted by atomic mass is 15.3. The molecule has 0 aliphatic carbocycles. The Morgan fingerprint density at radius 3 is 0.812 bits per heavy atom. The van der Waals surface area contributed by atoms with Crippen LogP contribution in [0.25, 0.3) is 0 Å². The molecule has 0 spiro atoms. The van der Waals surface area contributed by atoms with Gasteiger partial charge in [-0.05, 0) is 59.8 Å². The number of hydrogen-bond donors (Lipinski definition) is 2. The second-order valence-electron chi connectivity index (χ2n) is 6.53. The van der Waals surface area contributed by atoms with Crippen LogP contribution in [0, 0.1) is 0 Å². The average molecular weight is 420 g/mol. The van der Waals surface area contributed by atoms with E-state index in [-0.39, 0.29) is 0 Å². The minimum atomic E-state index is 1.12. The topological polar surface area (TPSA) is 62.7 Å². The first-order valence-electron chi connectivity index (χ1n) is 10.2. The van der Waals surface area contributed by atoms with E-state index in [4.69, 9.17) is 0 Å². The number of nitrogens with zero attached hydrogens (tertiary/aromatic N) is 3. The third-order valence-electron chi connectivity index (χ3n) is 4.08. The minimum absolute atomic E-state index is 1.12. The molecule has 0 amide bonds. The molecular weight excluding hydrogens is 394 g/mol. The van der Waals surface area contributed by atoms with Gasteiger partial charge in [-0.25, -0.2) is 0 Å². The number of benzene rings is 4. The van der Waals surface area contributed by atoms with Gasteiger partial charge in [0.2, 0.25) is 0 Å². The molecule has 5 heteroatoms. The van der Waals surface area contributed by atoms with Crippen molar-refractivity contribution in [3.8, 4) is 0 Å². The quantitative estimate of drug-likeness (QED) is 0.338. The molecule has 4 aromatic carbocycles. The van der Waals surface area contributed by atoms with Crippen LogP contribution in [0.3, 0.4) is 0 Å². The van der Waals surface area contributed by atoms with Crippen molar-refractivity contribution < 1.29 is 0 Å². The van der Waals surface area contributed by atoms with Crippen molar-refractivity contribution >= 4 is 22.7 Å². The molecule has 2 N–H and O–H groups in total. The molecule has 5 nitrogen and oxygen atoms in total. The van der Waals surface area contributed by atoms with Gasteiger partial charge in [0.15, 0.2) is 0 Å². The van der Waals surface area contributed by atoms with E-state index >= 15 is 0 Å². The standard InChI is InChI=1S/2C12H11N.C3H3N3/c2*1-3-7-11(8-4-1)13-12-9-5-2-6-10-12;1-2-4-6-5-3-1/h2*1-10,13H;1-3H. The van der Waals surface area contributed by atoms with Gasteiger partial charge in [0, 0.05) is 22.7 Å². The smallest absolute Gasteiger partial charge is 0.0529 e. The molecule has 0 fully saturated rings. The highest BCUT2D eigenvalue weighted by Crippen LogP contribution is 2.15. The van der Waals surface area contributed by atoms with Crippen molar-refractivity contribution in [1.29, 1.82) is 0 Å². The second kappa shape index (κ2) is 13.7. The lowest BCUT2D eigenvalue weighted by Crippen LogP contribution is -1.87. The van der Waals surface area contributed by atoms with Crippen molar-refractivity contribution in [1.82, 2.24) is 15.4 Å². The lowest BCUT2D eigenvalue weighted by atomic mass is 10.3. The Kier molecular flexibility index (Phi) is 9.47. The summed E-state index contributed by atoms with van der Waals surface area (Å²) in [5.41, 5.74) is 4.48. The zero-order chi connectivity index (χ0) is 22.1. The first kappa shape index (κ1) is 22.2. The second-order valence-corrected chi connectivity index (χ2v) is 6.53. The summed E-state index contributed by atoms with van der Waals surface area (Å²) in [5, 5.41) is 16.7. The molecule has 0 aliphatic heterocycles. The zero-order valence-corrected chi connectivity index (χ0v) is 17.6. The Morgan fingerprint density at radius 2 is 0.625 bits per heavy atom. The normalized spacial score (nSPS) is 9.25. The Hall–Kier alpha value is -4.51. The van der Waals surface area contributed by atoms with Gasteiger partial charge in [0.05, 0.1) is 12.4 Å². The Labute approximate surface area is 188 Å². The summed E-state index contributed by atoms with van der Waals surface area (Å²) in [6.07, 6.45) is 3.15. The molecular formula is C27H25N5. The van der Waals surface area contributed by atoms with E-state index in [0.717, 1.165) is 22.7 Å². The number of aromatic nitrogens is 3. The van der Waals surface area contributed by atoms with Gasteiger partial charge in [-0.2, -0.15) is 0 Å². The Balaban J connectivity index is 0.000000145. The number of para-hydroxylation sites is 4. The maximum absolute atomic E-state index is 3.42. The molecule has 0 saturated carbocycles. The fraction of sp³-hybridized carbons (Fsp3) is 0. The highest BCUT2D eigenvalue weighted by molar-refractivity contribution is 5.59. The maximum atomic E-state index is 3.42. The van der Waals surface area contributed by atoms with Crippen molar-refractivity contribution in [3.63, 3.8) is 0 Å². The third-order valence-corrected chi connectivity index (χ3v) is 4.08. The first-order valence-corrected chi connectivity index (χ1v) is 10.2. The van der Waals surface area contributed by atoms with Gasteiger partial charge in [-0.15, -0.1) is 10.2 Å². The minimum Gasteiger partial charge on any atom is -0.356 e. The van der Waals surface area contributed by atoms with Crippen LogP contribution in [-0.4, -0.2) is 15.4 Å². The van der Waals surface area contributed by atoms with Gasteiger partial charge >= 0.3 is 0 Å². The summed E-state index contributed by atoms with van der Waals surface area (Å²) in [7, 11) is 0. The van der Waals surface area contributed by atoms with Crippen LogP contribution in [0.2, 0.25) is 0 Å². The number of nitrogens with one attached hydrogen (secondary N) is 2. The fourth-order valence-corrected chi connectivity index (χ4v) is 2.62. The van der Waals surface area contributed by atoms with Crippen molar-refractivity contribution in [2.24, 2.45) is 0 Å². The Morgan fingerprint density at radius 1 is 0.344 bits per heavy atom. The molecule has 0 aliphatic rings. The molecule has 0 bridgehead atoms. The van der Waals surface area contributed by atoms with Crippen LogP contribution in [0.5, 0.6) is 0 Å². The lowest BCUT2D eigenvalue weighted by molar-refractivity contribution is 0.865. The van der Waals surface area contributed by atoms with E-state index in [0.29, 0.717) is 0 Å². The molecule has 0 radical (unpaired) electrons. The van der Waals surface area contributed by atoms with E-state index < -0.39 is 0 Å². The van der Waals surface area contributed by atoms with Crippen molar-refractivity contribution in [2.75, 3.05) is 10.6 Å². The average Bonchev–Trinajstić information content (AvgIpc) is 2.88. The van der Waals surface area contributed by atoms with Crippen LogP contribution in [0.15, 0.2) is 140 Å². The van der Waals surface area contributed by atoms with Gasteiger partial charge in [0.25, 0.3) is 0 Å². The summed E-state index contributed by atoms with van der Waals surface area (Å²) >= 11 is 0. The molecule has 5 aromatic rings. The van der Waals surface area contributed by atoms with Crippen LogP contribution in [0.1, 0.15) is 0 Å². The maximum Gasteiger partial charge on any atom is 0.0529 e. The molecule has 158 valence electrons. The number of hydrogen-bond acceptors (Lipinski definition) is 5. The summed E-state index contributed by atoms with van der Waals surface area (Å²) in [5.74, 6) is 0. The van der Waals surface area contributed by atoms with E-state index in [9.17, 15) is 0 Å². The SMILES string of the molecule is c1ccc(Nc2ccccc2)cc1.c1ccc(Nc2ccccc2)cc1.c1cnnnc1. The van der Waals surface area contributed by atoms with Crippen LogP contribution in [0.4, 0.5) is 22.7 Å². The number of rotatable bonds is 4. The summed E-state index contributed by atoms with van der Waals surface area (Å²) in [6, 6.07) is 42.3. The van der Waals surface area contributed by atoms with Crippen molar-refractivity contribution in [2.45, 2.75) is 0 Å². The highest BCUT2D eigenvalue weighted by Gasteiger charge is 1.91. The molecule has 1 aromatic heterocycles. The monoisotopic (exact) mass is 419 g/mol. The van der Waals surface area contributed by atoms with Crippen LogP contribution >= 0.6 is 0 Å². The first-order chi connectivity index (χ1) is 15.9. The van der Waals surface area contributed by atoms with Crippen LogP contribution < -0.4 is 10.6 Å². The summed E-state index contributed by atoms with van der Waals surface area (Å²) in [6.45, 7) is 0. The van der Waals surface area contributed by atoms with Gasteiger partial charge in [-0.3, -0.25) is 0 Å². The molecule has 32 heavy (non-hydrogen) atoms. The molecule has 0 atom stereocenters. The largest absolute Gasteiger partial charge is 0.356 e.